The lowest BCUT2D eigenvalue weighted by Crippen LogP contribution is -2.40. The number of nitrogens with one attached hydrogen (secondary N) is 2. The quantitative estimate of drug-likeness (QED) is 0.299. The zero-order chi connectivity index (χ0) is 29.6. The molecule has 0 saturated carbocycles. The molecular formula is C26H26F5N9OS. The van der Waals surface area contributed by atoms with E-state index in [0.29, 0.717) is 31.3 Å². The van der Waals surface area contributed by atoms with E-state index < -0.39 is 29.7 Å². The summed E-state index contributed by atoms with van der Waals surface area (Å²) in [5.74, 6) is -1.79. The Balaban J connectivity index is 1.22. The average Bonchev–Trinajstić information content (AvgIpc) is 3.67. The first kappa shape index (κ1) is 28.1. The van der Waals surface area contributed by atoms with Crippen molar-refractivity contribution < 1.29 is 26.7 Å². The summed E-state index contributed by atoms with van der Waals surface area (Å²) in [5.41, 5.74) is 0.125. The second-order valence-electron chi connectivity index (χ2n) is 10.2. The van der Waals surface area contributed by atoms with Gasteiger partial charge in [0.25, 0.3) is 0 Å². The number of thiophene rings is 1. The molecule has 10 nitrogen and oxygen atoms in total. The van der Waals surface area contributed by atoms with Gasteiger partial charge in [-0.25, -0.2) is 18.6 Å². The number of fused-ring (bicyclic) bond motifs is 2. The Morgan fingerprint density at radius 1 is 1.07 bits per heavy atom. The molecule has 0 aliphatic carbocycles. The van der Waals surface area contributed by atoms with Crippen molar-refractivity contribution in [1.29, 1.82) is 0 Å². The molecular weight excluding hydrogens is 581 g/mol. The molecule has 5 heterocycles. The number of urea groups is 1. The first-order chi connectivity index (χ1) is 20.1. The number of hydrogen-bond acceptors (Lipinski definition) is 8. The summed E-state index contributed by atoms with van der Waals surface area (Å²) in [6, 6.07) is 4.34. The molecule has 1 aromatic carbocycles. The maximum Gasteiger partial charge on any atom is 0.451 e. The molecule has 2 N–H and O–H groups in total. The minimum absolute atomic E-state index is 0.0622. The van der Waals surface area contributed by atoms with E-state index >= 15 is 0 Å². The van der Waals surface area contributed by atoms with E-state index in [0.717, 1.165) is 44.6 Å². The second-order valence-corrected chi connectivity index (χ2v) is 11.3. The van der Waals surface area contributed by atoms with E-state index in [1.54, 1.807) is 11.3 Å². The van der Waals surface area contributed by atoms with Gasteiger partial charge in [-0.05, 0) is 31.0 Å². The molecule has 6 rings (SSSR count). The van der Waals surface area contributed by atoms with Crippen molar-refractivity contribution in [3.63, 3.8) is 0 Å². The van der Waals surface area contributed by atoms with Crippen LogP contribution in [0.25, 0.3) is 10.2 Å². The fraction of sp³-hybridized carbons (Fsp3) is 0.423. The smallest absolute Gasteiger partial charge is 0.347 e. The minimum Gasteiger partial charge on any atom is -0.347 e. The molecule has 1 saturated heterocycles. The topological polar surface area (TPSA) is 104 Å². The Morgan fingerprint density at radius 3 is 2.67 bits per heavy atom. The SMILES string of the molecule is CCCc1cc2c(N3CCn4c(nnc4C(F)(F)F)C3)nc(N3CCC(NC(=O)Nc4ccc(F)c(F)c4)C3)nc2s1. The summed E-state index contributed by atoms with van der Waals surface area (Å²) in [4.78, 5) is 27.9. The Bertz CT molecular complexity index is 1640. The number of aryl methyl sites for hydroxylation is 1. The van der Waals surface area contributed by atoms with Crippen LogP contribution in [-0.4, -0.2) is 56.4 Å². The molecule has 2 aliphatic heterocycles. The predicted octanol–water partition coefficient (Wildman–Crippen LogP) is 4.95. The Hall–Kier alpha value is -4.08. The van der Waals surface area contributed by atoms with Crippen LogP contribution in [0.5, 0.6) is 0 Å². The van der Waals surface area contributed by atoms with Crippen LogP contribution in [0, 0.1) is 11.6 Å². The van der Waals surface area contributed by atoms with Gasteiger partial charge < -0.3 is 25.0 Å². The normalized spacial score (nSPS) is 17.1. The Labute approximate surface area is 240 Å². The molecule has 1 fully saturated rings. The van der Waals surface area contributed by atoms with Gasteiger partial charge in [-0.15, -0.1) is 21.5 Å². The maximum absolute atomic E-state index is 13.5. The highest BCUT2D eigenvalue weighted by atomic mass is 32.1. The molecule has 4 aromatic rings. The first-order valence-corrected chi connectivity index (χ1v) is 14.2. The summed E-state index contributed by atoms with van der Waals surface area (Å²) in [5, 5.41) is 13.4. The number of carbonyl (C=O) groups excluding carboxylic acids is 1. The van der Waals surface area contributed by atoms with Gasteiger partial charge in [0.2, 0.25) is 11.8 Å². The lowest BCUT2D eigenvalue weighted by atomic mass is 10.2. The zero-order valence-corrected chi connectivity index (χ0v) is 23.2. The Morgan fingerprint density at radius 2 is 1.90 bits per heavy atom. The number of benzene rings is 1. The summed E-state index contributed by atoms with van der Waals surface area (Å²) in [6.07, 6.45) is -2.18. The van der Waals surface area contributed by atoms with Crippen LogP contribution in [0.3, 0.4) is 0 Å². The molecule has 16 heteroatoms. The van der Waals surface area contributed by atoms with Gasteiger partial charge in [-0.3, -0.25) is 0 Å². The average molecular weight is 608 g/mol. The van der Waals surface area contributed by atoms with Crippen LogP contribution < -0.4 is 20.4 Å². The number of hydrogen-bond donors (Lipinski definition) is 2. The predicted molar refractivity (Wildman–Crippen MR) is 147 cm³/mol. The van der Waals surface area contributed by atoms with E-state index in [2.05, 4.69) is 27.8 Å². The van der Waals surface area contributed by atoms with Crippen molar-refractivity contribution in [2.45, 2.75) is 51.5 Å². The van der Waals surface area contributed by atoms with E-state index in [1.807, 2.05) is 15.9 Å². The number of anilines is 3. The van der Waals surface area contributed by atoms with Gasteiger partial charge in [0, 0.05) is 48.9 Å². The summed E-state index contributed by atoms with van der Waals surface area (Å²) in [7, 11) is 0. The van der Waals surface area contributed by atoms with E-state index in [4.69, 9.17) is 9.97 Å². The second kappa shape index (κ2) is 11.0. The molecule has 0 spiro atoms. The van der Waals surface area contributed by atoms with Crippen LogP contribution in [0.2, 0.25) is 0 Å². The molecule has 0 bridgehead atoms. The molecule has 1 atom stereocenters. The third-order valence-electron chi connectivity index (χ3n) is 7.20. The lowest BCUT2D eigenvalue weighted by Gasteiger charge is -2.30. The van der Waals surface area contributed by atoms with Crippen LogP contribution in [0.1, 0.15) is 36.3 Å². The molecule has 3 aromatic heterocycles. The van der Waals surface area contributed by atoms with Gasteiger partial charge in [0.05, 0.1) is 11.9 Å². The molecule has 1 unspecified atom stereocenters. The largest absolute Gasteiger partial charge is 0.451 e. The highest BCUT2D eigenvalue weighted by molar-refractivity contribution is 7.18. The number of alkyl halides is 3. The van der Waals surface area contributed by atoms with Gasteiger partial charge in [0.1, 0.15) is 10.6 Å². The van der Waals surface area contributed by atoms with Crippen molar-refractivity contribution in [3.05, 3.63) is 52.4 Å². The number of halogens is 5. The summed E-state index contributed by atoms with van der Waals surface area (Å²) >= 11 is 1.56. The number of nitrogens with zero attached hydrogens (tertiary/aromatic N) is 7. The maximum atomic E-state index is 13.5. The van der Waals surface area contributed by atoms with Gasteiger partial charge >= 0.3 is 12.2 Å². The van der Waals surface area contributed by atoms with Crippen molar-refractivity contribution in [3.8, 4) is 0 Å². The number of rotatable bonds is 6. The van der Waals surface area contributed by atoms with Crippen molar-refractivity contribution in [1.82, 2.24) is 30.0 Å². The van der Waals surface area contributed by atoms with Crippen molar-refractivity contribution in [2.24, 2.45) is 0 Å². The standard InChI is InChI=1S/C26H26F5N9OS/c1-2-3-16-11-17-21(38-8-9-40-20(13-38)36-37-23(40)26(29,30)31)34-24(35-22(17)42-16)39-7-6-15(12-39)33-25(41)32-14-4-5-18(27)19(28)10-14/h4-5,10-11,15H,2-3,6-9,12-13H2,1H3,(H2,32,33,41). The molecule has 0 radical (unpaired) electrons. The van der Waals surface area contributed by atoms with Crippen LogP contribution in [0.15, 0.2) is 24.3 Å². The zero-order valence-electron chi connectivity index (χ0n) is 22.4. The highest BCUT2D eigenvalue weighted by Gasteiger charge is 2.40. The molecule has 2 amide bonds. The monoisotopic (exact) mass is 607 g/mol. The van der Waals surface area contributed by atoms with Gasteiger partial charge in [-0.1, -0.05) is 13.3 Å². The Kier molecular flexibility index (Phi) is 7.32. The van der Waals surface area contributed by atoms with E-state index in [-0.39, 0.29) is 37.2 Å². The third-order valence-corrected chi connectivity index (χ3v) is 8.29. The van der Waals surface area contributed by atoms with E-state index in [9.17, 15) is 26.7 Å². The van der Waals surface area contributed by atoms with Crippen molar-refractivity contribution >= 4 is 45.0 Å². The van der Waals surface area contributed by atoms with Gasteiger partial charge in [0.15, 0.2) is 17.5 Å². The molecule has 42 heavy (non-hydrogen) atoms. The number of aromatic nitrogens is 5. The lowest BCUT2D eigenvalue weighted by molar-refractivity contribution is -0.147. The fourth-order valence-electron chi connectivity index (χ4n) is 5.23. The number of amides is 2. The molecule has 222 valence electrons. The highest BCUT2D eigenvalue weighted by Crippen LogP contribution is 2.36. The van der Waals surface area contributed by atoms with Gasteiger partial charge in [-0.2, -0.15) is 18.2 Å². The summed E-state index contributed by atoms with van der Waals surface area (Å²) < 4.78 is 67.9. The number of carbonyl (C=O) groups is 1. The van der Waals surface area contributed by atoms with Crippen LogP contribution in [-0.2, 0) is 25.7 Å². The molecule has 2 aliphatic rings. The van der Waals surface area contributed by atoms with Crippen LogP contribution >= 0.6 is 11.3 Å². The van der Waals surface area contributed by atoms with E-state index in [1.165, 1.54) is 6.07 Å². The first-order valence-electron chi connectivity index (χ1n) is 13.4. The van der Waals surface area contributed by atoms with Crippen LogP contribution in [0.4, 0.5) is 44.2 Å². The van der Waals surface area contributed by atoms with Crippen molar-refractivity contribution in [2.75, 3.05) is 34.8 Å². The summed E-state index contributed by atoms with van der Waals surface area (Å²) in [6.45, 7) is 3.50. The fourth-order valence-corrected chi connectivity index (χ4v) is 6.35. The minimum atomic E-state index is -4.59. The third kappa shape index (κ3) is 5.54.